The number of benzene rings is 1. The van der Waals surface area contributed by atoms with Crippen molar-refractivity contribution in [2.45, 2.75) is 18.6 Å². The van der Waals surface area contributed by atoms with Crippen molar-refractivity contribution >= 4 is 11.9 Å². The van der Waals surface area contributed by atoms with Gasteiger partial charge in [0.2, 0.25) is 0 Å². The fourth-order valence-electron chi connectivity index (χ4n) is 2.01. The summed E-state index contributed by atoms with van der Waals surface area (Å²) in [5.74, 6) is -2.20. The minimum absolute atomic E-state index is 0.314. The van der Waals surface area contributed by atoms with Crippen LogP contribution in [-0.2, 0) is 16.5 Å². The van der Waals surface area contributed by atoms with E-state index in [0.29, 0.717) is 17.8 Å². The summed E-state index contributed by atoms with van der Waals surface area (Å²) in [6, 6.07) is 9.56. The van der Waals surface area contributed by atoms with Gasteiger partial charge in [-0.15, -0.1) is 0 Å². The first-order valence-electron chi connectivity index (χ1n) is 6.79. The van der Waals surface area contributed by atoms with Crippen molar-refractivity contribution in [2.24, 2.45) is 0 Å². The molecule has 2 aromatic rings. The van der Waals surface area contributed by atoms with E-state index in [4.69, 9.17) is 0 Å². The quantitative estimate of drug-likeness (QED) is 0.898. The van der Waals surface area contributed by atoms with E-state index >= 15 is 0 Å². The molecule has 1 aromatic heterocycles. The molecule has 5 nitrogen and oxygen atoms in total. The molecule has 0 bridgehead atoms. The largest absolute Gasteiger partial charge is 0.479 e. The number of nitrogens with one attached hydrogen (secondary N) is 1. The number of halogens is 3. The molecule has 24 heavy (non-hydrogen) atoms. The molecular formula is C16H13F3N2O3. The second kappa shape index (κ2) is 6.31. The van der Waals surface area contributed by atoms with Crippen molar-refractivity contribution in [1.29, 1.82) is 0 Å². The molecule has 2 N–H and O–H groups in total. The molecule has 126 valence electrons. The Kier molecular flexibility index (Phi) is 4.59. The molecule has 8 heteroatoms. The highest BCUT2D eigenvalue weighted by molar-refractivity contribution is 5.96. The number of carbonyl (C=O) groups excluding carboxylic acids is 1. The van der Waals surface area contributed by atoms with E-state index in [-0.39, 0.29) is 5.69 Å². The first-order chi connectivity index (χ1) is 11.1. The highest BCUT2D eigenvalue weighted by Crippen LogP contribution is 2.28. The number of hydrogen-bond donors (Lipinski definition) is 2. The summed E-state index contributed by atoms with van der Waals surface area (Å²) in [6.07, 6.45) is -4.04. The average Bonchev–Trinajstić information content (AvgIpc) is 2.54. The molecule has 0 saturated heterocycles. The molecule has 0 saturated carbocycles. The molecule has 0 aliphatic rings. The summed E-state index contributed by atoms with van der Waals surface area (Å²) >= 11 is 0. The maximum atomic E-state index is 12.5. The van der Waals surface area contributed by atoms with Crippen LogP contribution in [0.4, 0.5) is 13.2 Å². The number of aromatic nitrogens is 1. The topological polar surface area (TPSA) is 79.3 Å². The highest BCUT2D eigenvalue weighted by Gasteiger charge is 2.37. The first kappa shape index (κ1) is 17.5. The Morgan fingerprint density at radius 2 is 1.67 bits per heavy atom. The zero-order valence-electron chi connectivity index (χ0n) is 12.5. The van der Waals surface area contributed by atoms with E-state index in [9.17, 15) is 27.9 Å². The van der Waals surface area contributed by atoms with Gasteiger partial charge in [0, 0.05) is 6.20 Å². The van der Waals surface area contributed by atoms with E-state index in [2.05, 4.69) is 10.3 Å². The van der Waals surface area contributed by atoms with Crippen LogP contribution in [0.3, 0.4) is 0 Å². The van der Waals surface area contributed by atoms with Gasteiger partial charge in [0.25, 0.3) is 5.91 Å². The number of pyridine rings is 1. The first-order valence-corrected chi connectivity index (χ1v) is 6.79. The van der Waals surface area contributed by atoms with Gasteiger partial charge >= 0.3 is 12.1 Å². The van der Waals surface area contributed by atoms with Crippen molar-refractivity contribution in [3.63, 3.8) is 0 Å². The van der Waals surface area contributed by atoms with Crippen LogP contribution in [0.25, 0.3) is 0 Å². The summed E-state index contributed by atoms with van der Waals surface area (Å²) in [7, 11) is 0. The lowest BCUT2D eigenvalue weighted by atomic mass is 9.92. The van der Waals surface area contributed by atoms with Gasteiger partial charge in [-0.05, 0) is 24.6 Å². The second-order valence-corrected chi connectivity index (χ2v) is 5.18. The van der Waals surface area contributed by atoms with E-state index in [1.807, 2.05) is 0 Å². The number of amides is 1. The zero-order chi connectivity index (χ0) is 18.0. The highest BCUT2D eigenvalue weighted by atomic mass is 19.4. The number of aliphatic carboxylic acids is 1. The summed E-state index contributed by atoms with van der Waals surface area (Å²) in [5.41, 5.74) is -2.74. The number of hydrogen-bond acceptors (Lipinski definition) is 3. The Bertz CT molecular complexity index is 745. The zero-order valence-corrected chi connectivity index (χ0v) is 12.5. The van der Waals surface area contributed by atoms with Crippen molar-refractivity contribution in [3.05, 3.63) is 65.5 Å². The molecule has 1 atom stereocenters. The molecular weight excluding hydrogens is 325 g/mol. The molecule has 1 heterocycles. The lowest BCUT2D eigenvalue weighted by Gasteiger charge is -2.26. The van der Waals surface area contributed by atoms with Gasteiger partial charge in [-0.3, -0.25) is 9.78 Å². The van der Waals surface area contributed by atoms with E-state index < -0.39 is 29.2 Å². The van der Waals surface area contributed by atoms with Crippen LogP contribution in [0, 0.1) is 0 Å². The van der Waals surface area contributed by atoms with Crippen molar-refractivity contribution < 1.29 is 27.9 Å². The monoisotopic (exact) mass is 338 g/mol. The maximum absolute atomic E-state index is 12.5. The summed E-state index contributed by atoms with van der Waals surface area (Å²) < 4.78 is 37.5. The number of alkyl halides is 3. The van der Waals surface area contributed by atoms with Gasteiger partial charge in [-0.25, -0.2) is 4.79 Å². The smallest absolute Gasteiger partial charge is 0.417 e. The molecule has 0 spiro atoms. The van der Waals surface area contributed by atoms with Crippen molar-refractivity contribution in [2.75, 3.05) is 0 Å². The van der Waals surface area contributed by atoms with Gasteiger partial charge in [-0.2, -0.15) is 13.2 Å². The number of carboxylic acid groups (broad SMARTS) is 1. The number of rotatable bonds is 4. The van der Waals surface area contributed by atoms with Crippen LogP contribution in [-0.4, -0.2) is 22.0 Å². The average molecular weight is 338 g/mol. The summed E-state index contributed by atoms with van der Waals surface area (Å²) in [5, 5.41) is 11.8. The fourth-order valence-corrected chi connectivity index (χ4v) is 2.01. The molecule has 1 unspecified atom stereocenters. The van der Waals surface area contributed by atoms with Gasteiger partial charge in [-0.1, -0.05) is 30.3 Å². The minimum Gasteiger partial charge on any atom is -0.479 e. The van der Waals surface area contributed by atoms with Crippen LogP contribution in [0.2, 0.25) is 0 Å². The van der Waals surface area contributed by atoms with E-state index in [1.165, 1.54) is 19.1 Å². The molecule has 2 rings (SSSR count). The standard InChI is InChI=1S/C16H13F3N2O3/c1-15(14(23)24,10-5-3-2-4-6-10)21-13(22)12-8-7-11(9-20-12)16(17,18)19/h2-9H,1H3,(H,21,22)(H,23,24). The Labute approximate surface area is 135 Å². The molecule has 0 aliphatic carbocycles. The van der Waals surface area contributed by atoms with Crippen LogP contribution >= 0.6 is 0 Å². The van der Waals surface area contributed by atoms with Crippen LogP contribution in [0.15, 0.2) is 48.7 Å². The third-order valence-corrected chi connectivity index (χ3v) is 3.47. The second-order valence-electron chi connectivity index (χ2n) is 5.18. The summed E-state index contributed by atoms with van der Waals surface area (Å²) in [4.78, 5) is 27.2. The molecule has 0 aliphatic heterocycles. The number of carboxylic acids is 1. The van der Waals surface area contributed by atoms with Crippen molar-refractivity contribution in [1.82, 2.24) is 10.3 Å². The van der Waals surface area contributed by atoms with Crippen LogP contribution in [0.5, 0.6) is 0 Å². The van der Waals surface area contributed by atoms with Crippen LogP contribution in [0.1, 0.15) is 28.5 Å². The Morgan fingerprint density at radius 3 is 2.12 bits per heavy atom. The Balaban J connectivity index is 2.28. The van der Waals surface area contributed by atoms with Gasteiger partial charge < -0.3 is 10.4 Å². The lowest BCUT2D eigenvalue weighted by Crippen LogP contribution is -2.49. The summed E-state index contributed by atoms with van der Waals surface area (Å²) in [6.45, 7) is 1.28. The van der Waals surface area contributed by atoms with Gasteiger partial charge in [0.15, 0.2) is 5.54 Å². The number of carbonyl (C=O) groups is 2. The van der Waals surface area contributed by atoms with E-state index in [0.717, 1.165) is 6.07 Å². The van der Waals surface area contributed by atoms with Gasteiger partial charge in [0.05, 0.1) is 5.56 Å². The molecule has 1 aromatic carbocycles. The predicted octanol–water partition coefficient (Wildman–Crippen LogP) is 2.83. The normalized spacial score (nSPS) is 13.8. The SMILES string of the molecule is CC(NC(=O)c1ccc(C(F)(F)F)cn1)(C(=O)O)c1ccccc1. The maximum Gasteiger partial charge on any atom is 0.417 e. The van der Waals surface area contributed by atoms with E-state index in [1.54, 1.807) is 18.2 Å². The number of nitrogens with zero attached hydrogens (tertiary/aromatic N) is 1. The third-order valence-electron chi connectivity index (χ3n) is 3.47. The minimum atomic E-state index is -4.57. The molecule has 1 amide bonds. The van der Waals surface area contributed by atoms with Crippen LogP contribution < -0.4 is 5.32 Å². The van der Waals surface area contributed by atoms with Crippen molar-refractivity contribution in [3.8, 4) is 0 Å². The lowest BCUT2D eigenvalue weighted by molar-refractivity contribution is -0.144. The Hall–Kier alpha value is -2.90. The van der Waals surface area contributed by atoms with Gasteiger partial charge in [0.1, 0.15) is 5.69 Å². The molecule has 0 fully saturated rings. The predicted molar refractivity (Wildman–Crippen MR) is 78.1 cm³/mol. The Morgan fingerprint density at radius 1 is 1.04 bits per heavy atom. The molecule has 0 radical (unpaired) electrons. The fraction of sp³-hybridized carbons (Fsp3) is 0.188. The third kappa shape index (κ3) is 3.53.